The van der Waals surface area contributed by atoms with Crippen LogP contribution in [0.25, 0.3) is 16.9 Å². The van der Waals surface area contributed by atoms with Crippen LogP contribution in [-0.4, -0.2) is 28.1 Å². The number of aryl methyl sites for hydroxylation is 1. The van der Waals surface area contributed by atoms with Gasteiger partial charge in [0, 0.05) is 11.8 Å². The normalized spacial score (nSPS) is 10.6. The molecule has 156 valence electrons. The number of rotatable bonds is 7. The molecule has 0 radical (unpaired) electrons. The number of carbonyl (C=O) groups excluding carboxylic acids is 2. The lowest BCUT2D eigenvalue weighted by Gasteiger charge is -2.07. The van der Waals surface area contributed by atoms with Crippen molar-refractivity contribution in [1.82, 2.24) is 20.4 Å². The number of nitrogens with one attached hydrogen (secondary N) is 2. The van der Waals surface area contributed by atoms with Crippen molar-refractivity contribution in [2.75, 3.05) is 6.54 Å². The molecule has 2 aromatic carbocycles. The molecule has 0 atom stereocenters. The van der Waals surface area contributed by atoms with Gasteiger partial charge in [0.1, 0.15) is 11.5 Å². The molecule has 2 heterocycles. The monoisotopic (exact) mass is 414 g/mol. The van der Waals surface area contributed by atoms with Gasteiger partial charge in [-0.25, -0.2) is 4.68 Å². The van der Waals surface area contributed by atoms with E-state index in [1.165, 1.54) is 0 Å². The Morgan fingerprint density at radius 3 is 2.48 bits per heavy atom. The van der Waals surface area contributed by atoms with Gasteiger partial charge in [-0.3, -0.25) is 9.59 Å². The van der Waals surface area contributed by atoms with Gasteiger partial charge in [0.15, 0.2) is 0 Å². The van der Waals surface area contributed by atoms with E-state index in [-0.39, 0.29) is 24.9 Å². The maximum Gasteiger partial charge on any atom is 0.255 e. The van der Waals surface area contributed by atoms with Gasteiger partial charge in [0.25, 0.3) is 5.91 Å². The van der Waals surface area contributed by atoms with Crippen molar-refractivity contribution in [3.63, 3.8) is 0 Å². The molecular formula is C24H22N4O3. The molecule has 31 heavy (non-hydrogen) atoms. The summed E-state index contributed by atoms with van der Waals surface area (Å²) in [6.07, 6.45) is 3.23. The van der Waals surface area contributed by atoms with E-state index in [0.29, 0.717) is 17.0 Å². The molecule has 0 saturated heterocycles. The van der Waals surface area contributed by atoms with Gasteiger partial charge in [-0.2, -0.15) is 5.10 Å². The number of hydrogen-bond acceptors (Lipinski definition) is 4. The Morgan fingerprint density at radius 2 is 1.74 bits per heavy atom. The van der Waals surface area contributed by atoms with Gasteiger partial charge in [0.2, 0.25) is 5.91 Å². The van der Waals surface area contributed by atoms with Crippen molar-refractivity contribution in [1.29, 1.82) is 0 Å². The maximum atomic E-state index is 13.0. The molecule has 0 saturated carbocycles. The van der Waals surface area contributed by atoms with Crippen LogP contribution in [0, 0.1) is 6.92 Å². The minimum Gasteiger partial charge on any atom is -0.467 e. The molecule has 2 amide bonds. The zero-order valence-electron chi connectivity index (χ0n) is 17.0. The first-order valence-corrected chi connectivity index (χ1v) is 9.90. The highest BCUT2D eigenvalue weighted by Crippen LogP contribution is 2.26. The second-order valence-electron chi connectivity index (χ2n) is 7.03. The number of para-hydroxylation sites is 1. The van der Waals surface area contributed by atoms with E-state index in [9.17, 15) is 9.59 Å². The number of nitrogens with zero attached hydrogens (tertiary/aromatic N) is 2. The zero-order valence-corrected chi connectivity index (χ0v) is 17.0. The number of carbonyl (C=O) groups is 2. The average molecular weight is 414 g/mol. The molecule has 0 fully saturated rings. The third-order valence-corrected chi connectivity index (χ3v) is 4.83. The van der Waals surface area contributed by atoms with Crippen molar-refractivity contribution >= 4 is 11.8 Å². The minimum absolute atomic E-state index is 0.150. The van der Waals surface area contributed by atoms with Crippen LogP contribution in [-0.2, 0) is 11.3 Å². The molecule has 0 aliphatic carbocycles. The molecule has 2 aromatic heterocycles. The fourth-order valence-electron chi connectivity index (χ4n) is 3.21. The SMILES string of the molecule is Cc1ccccc1-c1nn(-c2ccccc2)cc1C(=O)NCC(=O)NCc1ccco1. The van der Waals surface area contributed by atoms with Gasteiger partial charge in [0.05, 0.1) is 30.6 Å². The van der Waals surface area contributed by atoms with Crippen molar-refractivity contribution in [3.05, 3.63) is 96.1 Å². The summed E-state index contributed by atoms with van der Waals surface area (Å²) >= 11 is 0. The smallest absolute Gasteiger partial charge is 0.255 e. The van der Waals surface area contributed by atoms with Gasteiger partial charge >= 0.3 is 0 Å². The Kier molecular flexibility index (Phi) is 5.93. The standard InChI is InChI=1S/C24H22N4O3/c1-17-8-5-6-12-20(17)23-21(16-28(27-23)18-9-3-2-4-10-18)24(30)26-15-22(29)25-14-19-11-7-13-31-19/h2-13,16H,14-15H2,1H3,(H,25,29)(H,26,30). The summed E-state index contributed by atoms with van der Waals surface area (Å²) in [4.78, 5) is 25.1. The van der Waals surface area contributed by atoms with Crippen LogP contribution in [0.4, 0.5) is 0 Å². The summed E-state index contributed by atoms with van der Waals surface area (Å²) in [5.41, 5.74) is 3.68. The largest absolute Gasteiger partial charge is 0.467 e. The fourth-order valence-corrected chi connectivity index (χ4v) is 3.21. The summed E-state index contributed by atoms with van der Waals surface area (Å²) in [6.45, 7) is 2.09. The second kappa shape index (κ2) is 9.13. The molecule has 0 aliphatic heterocycles. The Labute approximate surface area is 179 Å². The Hall–Kier alpha value is -4.13. The second-order valence-corrected chi connectivity index (χ2v) is 7.03. The first kappa shape index (κ1) is 20.2. The van der Waals surface area contributed by atoms with Crippen molar-refractivity contribution < 1.29 is 14.0 Å². The molecule has 7 nitrogen and oxygen atoms in total. The van der Waals surface area contributed by atoms with Gasteiger partial charge in [-0.05, 0) is 36.8 Å². The topological polar surface area (TPSA) is 89.2 Å². The summed E-state index contributed by atoms with van der Waals surface area (Å²) in [7, 11) is 0. The zero-order chi connectivity index (χ0) is 21.6. The third kappa shape index (κ3) is 4.72. The summed E-state index contributed by atoms with van der Waals surface area (Å²) in [6, 6.07) is 20.8. The molecule has 0 spiro atoms. The lowest BCUT2D eigenvalue weighted by Crippen LogP contribution is -2.36. The predicted molar refractivity (Wildman–Crippen MR) is 117 cm³/mol. The van der Waals surface area contributed by atoms with E-state index in [1.54, 1.807) is 29.3 Å². The van der Waals surface area contributed by atoms with Crippen molar-refractivity contribution in [2.24, 2.45) is 0 Å². The molecule has 0 unspecified atom stereocenters. The van der Waals surface area contributed by atoms with Crippen LogP contribution >= 0.6 is 0 Å². The van der Waals surface area contributed by atoms with Gasteiger partial charge in [-0.15, -0.1) is 0 Å². The van der Waals surface area contributed by atoms with Crippen LogP contribution in [0.15, 0.2) is 83.6 Å². The average Bonchev–Trinajstić information content (AvgIpc) is 3.47. The van der Waals surface area contributed by atoms with E-state index >= 15 is 0 Å². The lowest BCUT2D eigenvalue weighted by molar-refractivity contribution is -0.120. The maximum absolute atomic E-state index is 13.0. The molecule has 2 N–H and O–H groups in total. The number of furan rings is 1. The van der Waals surface area contributed by atoms with E-state index in [0.717, 1.165) is 16.8 Å². The number of hydrogen-bond donors (Lipinski definition) is 2. The van der Waals surface area contributed by atoms with Crippen LogP contribution in [0.2, 0.25) is 0 Å². The molecule has 0 bridgehead atoms. The van der Waals surface area contributed by atoms with E-state index in [2.05, 4.69) is 15.7 Å². The summed E-state index contributed by atoms with van der Waals surface area (Å²) in [5.74, 6) is -0.0307. The molecular weight excluding hydrogens is 392 g/mol. The number of amides is 2. The van der Waals surface area contributed by atoms with Gasteiger partial charge < -0.3 is 15.1 Å². The highest BCUT2D eigenvalue weighted by molar-refractivity contribution is 6.01. The molecule has 4 rings (SSSR count). The van der Waals surface area contributed by atoms with E-state index < -0.39 is 0 Å². The van der Waals surface area contributed by atoms with Crippen molar-refractivity contribution in [3.8, 4) is 16.9 Å². The van der Waals surface area contributed by atoms with Gasteiger partial charge in [-0.1, -0.05) is 42.5 Å². The Bertz CT molecular complexity index is 1180. The number of aromatic nitrogens is 2. The highest BCUT2D eigenvalue weighted by atomic mass is 16.3. The third-order valence-electron chi connectivity index (χ3n) is 4.83. The van der Waals surface area contributed by atoms with Crippen LogP contribution < -0.4 is 10.6 Å². The minimum atomic E-state index is -0.367. The lowest BCUT2D eigenvalue weighted by atomic mass is 10.0. The first-order chi connectivity index (χ1) is 15.1. The van der Waals surface area contributed by atoms with E-state index in [4.69, 9.17) is 4.42 Å². The summed E-state index contributed by atoms with van der Waals surface area (Å²) < 4.78 is 6.86. The fraction of sp³-hybridized carbons (Fsp3) is 0.125. The van der Waals surface area contributed by atoms with Crippen molar-refractivity contribution in [2.45, 2.75) is 13.5 Å². The predicted octanol–water partition coefficient (Wildman–Crippen LogP) is 3.49. The Balaban J connectivity index is 1.54. The highest BCUT2D eigenvalue weighted by Gasteiger charge is 2.20. The first-order valence-electron chi connectivity index (χ1n) is 9.90. The summed E-state index contributed by atoms with van der Waals surface area (Å²) in [5, 5.41) is 10.1. The molecule has 7 heteroatoms. The quantitative estimate of drug-likeness (QED) is 0.485. The van der Waals surface area contributed by atoms with E-state index in [1.807, 2.05) is 61.5 Å². The van der Waals surface area contributed by atoms with Crippen LogP contribution in [0.3, 0.4) is 0 Å². The number of benzene rings is 2. The molecule has 0 aliphatic rings. The molecule has 4 aromatic rings. The van der Waals surface area contributed by atoms with Crippen LogP contribution in [0.1, 0.15) is 21.7 Å². The Morgan fingerprint density at radius 1 is 0.968 bits per heavy atom. The van der Waals surface area contributed by atoms with Crippen LogP contribution in [0.5, 0.6) is 0 Å².